The van der Waals surface area contributed by atoms with Crippen LogP contribution in [-0.4, -0.2) is 41.5 Å². The lowest BCUT2D eigenvalue weighted by Gasteiger charge is -2.18. The van der Waals surface area contributed by atoms with Crippen LogP contribution in [-0.2, 0) is 16.1 Å². The van der Waals surface area contributed by atoms with Crippen molar-refractivity contribution in [1.29, 1.82) is 0 Å². The highest BCUT2D eigenvalue weighted by Crippen LogP contribution is 2.35. The van der Waals surface area contributed by atoms with Crippen LogP contribution in [0.1, 0.15) is 24.0 Å². The molecule has 1 amide bonds. The molecule has 2 saturated heterocycles. The van der Waals surface area contributed by atoms with Crippen molar-refractivity contribution in [2.45, 2.75) is 25.6 Å². The number of halogens is 2. The topological polar surface area (TPSA) is 48.0 Å². The van der Waals surface area contributed by atoms with Crippen LogP contribution in [0.5, 0.6) is 11.5 Å². The lowest BCUT2D eigenvalue weighted by atomic mass is 10.1. The molecule has 1 atom stereocenters. The number of thioether (sulfide) groups is 1. The molecule has 2 heterocycles. The summed E-state index contributed by atoms with van der Waals surface area (Å²) in [4.78, 5) is 15.1. The molecule has 0 saturated carbocycles. The summed E-state index contributed by atoms with van der Waals surface area (Å²) < 4.78 is 17.6. The van der Waals surface area contributed by atoms with Gasteiger partial charge < -0.3 is 14.2 Å². The molecule has 0 aromatic heterocycles. The zero-order chi connectivity index (χ0) is 22.7. The van der Waals surface area contributed by atoms with Crippen molar-refractivity contribution >= 4 is 63.5 Å². The average molecular weight is 510 g/mol. The second-order valence-corrected chi connectivity index (χ2v) is 9.86. The van der Waals surface area contributed by atoms with Crippen LogP contribution < -0.4 is 9.47 Å². The fourth-order valence-electron chi connectivity index (χ4n) is 3.48. The maximum Gasteiger partial charge on any atom is 0.266 e. The number of ether oxygens (including phenoxy) is 3. The van der Waals surface area contributed by atoms with E-state index in [2.05, 4.69) is 0 Å². The van der Waals surface area contributed by atoms with E-state index in [4.69, 9.17) is 49.6 Å². The van der Waals surface area contributed by atoms with Crippen LogP contribution in [0, 0.1) is 0 Å². The van der Waals surface area contributed by atoms with Gasteiger partial charge in [-0.05, 0) is 54.3 Å². The Bertz CT molecular complexity index is 1070. The molecule has 0 aliphatic carbocycles. The van der Waals surface area contributed by atoms with Crippen molar-refractivity contribution in [2.24, 2.45) is 0 Å². The van der Waals surface area contributed by atoms with Crippen LogP contribution in [0.25, 0.3) is 6.08 Å². The molecule has 5 nitrogen and oxygen atoms in total. The summed E-state index contributed by atoms with van der Waals surface area (Å²) in [6.45, 7) is 1.57. The van der Waals surface area contributed by atoms with E-state index in [1.165, 1.54) is 11.8 Å². The first-order valence-corrected chi connectivity index (χ1v) is 12.0. The largest absolute Gasteiger partial charge is 0.493 e. The smallest absolute Gasteiger partial charge is 0.266 e. The monoisotopic (exact) mass is 509 g/mol. The minimum atomic E-state index is -0.0885. The molecule has 4 rings (SSSR count). The molecule has 2 aromatic rings. The lowest BCUT2D eigenvalue weighted by Crippen LogP contribution is -2.35. The third-order valence-corrected chi connectivity index (χ3v) is 7.26. The van der Waals surface area contributed by atoms with Gasteiger partial charge in [0.25, 0.3) is 5.91 Å². The van der Waals surface area contributed by atoms with Crippen molar-refractivity contribution in [2.75, 3.05) is 20.3 Å². The van der Waals surface area contributed by atoms with Crippen LogP contribution in [0.4, 0.5) is 0 Å². The zero-order valence-corrected chi connectivity index (χ0v) is 20.5. The van der Waals surface area contributed by atoms with Crippen molar-refractivity contribution in [1.82, 2.24) is 4.90 Å². The number of hydrogen-bond acceptors (Lipinski definition) is 6. The van der Waals surface area contributed by atoms with Crippen molar-refractivity contribution in [3.05, 3.63) is 62.5 Å². The summed E-state index contributed by atoms with van der Waals surface area (Å²) in [6.07, 6.45) is 3.86. The molecule has 2 fully saturated rings. The number of methoxy groups -OCH3 is 1. The lowest BCUT2D eigenvalue weighted by molar-refractivity contribution is -0.123. The van der Waals surface area contributed by atoms with Crippen LogP contribution in [0.15, 0.2) is 41.3 Å². The van der Waals surface area contributed by atoms with Gasteiger partial charge in [-0.3, -0.25) is 9.69 Å². The highest BCUT2D eigenvalue weighted by molar-refractivity contribution is 8.26. The molecule has 2 aromatic carbocycles. The zero-order valence-electron chi connectivity index (χ0n) is 17.3. The van der Waals surface area contributed by atoms with Crippen LogP contribution in [0.3, 0.4) is 0 Å². The van der Waals surface area contributed by atoms with Gasteiger partial charge in [0, 0.05) is 6.61 Å². The second-order valence-electron chi connectivity index (χ2n) is 7.37. The Labute approximate surface area is 206 Å². The Balaban J connectivity index is 1.46. The summed E-state index contributed by atoms with van der Waals surface area (Å²) in [6, 6.07) is 10.9. The minimum absolute atomic E-state index is 0.0592. The van der Waals surface area contributed by atoms with Gasteiger partial charge >= 0.3 is 0 Å². The minimum Gasteiger partial charge on any atom is -0.493 e. The summed E-state index contributed by atoms with van der Waals surface area (Å²) in [5.41, 5.74) is 1.71. The Hall–Kier alpha value is -1.77. The summed E-state index contributed by atoms with van der Waals surface area (Å²) >= 11 is 18.8. The van der Waals surface area contributed by atoms with E-state index in [9.17, 15) is 4.79 Å². The quantitative estimate of drug-likeness (QED) is 0.338. The van der Waals surface area contributed by atoms with E-state index in [-0.39, 0.29) is 12.0 Å². The van der Waals surface area contributed by atoms with E-state index in [1.807, 2.05) is 30.3 Å². The third-order valence-electron chi connectivity index (χ3n) is 5.15. The fraction of sp³-hybridized carbons (Fsp3) is 0.304. The van der Waals surface area contributed by atoms with Gasteiger partial charge in [0.15, 0.2) is 11.5 Å². The van der Waals surface area contributed by atoms with Crippen molar-refractivity contribution in [3.63, 3.8) is 0 Å². The fourth-order valence-corrected chi connectivity index (χ4v) is 5.08. The molecule has 9 heteroatoms. The Morgan fingerprint density at radius 2 is 2.06 bits per heavy atom. The molecule has 32 heavy (non-hydrogen) atoms. The number of nitrogens with zero attached hydrogens (tertiary/aromatic N) is 1. The molecule has 0 bridgehead atoms. The average Bonchev–Trinajstić information content (AvgIpc) is 3.39. The van der Waals surface area contributed by atoms with Crippen molar-refractivity contribution in [3.8, 4) is 11.5 Å². The number of carbonyl (C=O) groups is 1. The summed E-state index contributed by atoms with van der Waals surface area (Å²) in [5, 5.41) is 0.977. The van der Waals surface area contributed by atoms with E-state index < -0.39 is 0 Å². The summed E-state index contributed by atoms with van der Waals surface area (Å²) in [7, 11) is 1.58. The first-order chi connectivity index (χ1) is 15.4. The van der Waals surface area contributed by atoms with Crippen LogP contribution in [0.2, 0.25) is 10.0 Å². The predicted molar refractivity (Wildman–Crippen MR) is 133 cm³/mol. The number of benzene rings is 2. The van der Waals surface area contributed by atoms with Gasteiger partial charge in [0.2, 0.25) is 0 Å². The van der Waals surface area contributed by atoms with Crippen LogP contribution >= 0.6 is 47.2 Å². The van der Waals surface area contributed by atoms with Crippen molar-refractivity contribution < 1.29 is 19.0 Å². The van der Waals surface area contributed by atoms with E-state index in [0.29, 0.717) is 43.9 Å². The Morgan fingerprint density at radius 3 is 2.78 bits per heavy atom. The molecule has 0 spiro atoms. The van der Waals surface area contributed by atoms with Gasteiger partial charge in [-0.1, -0.05) is 59.3 Å². The van der Waals surface area contributed by atoms with Gasteiger partial charge in [-0.25, -0.2) is 0 Å². The molecule has 0 radical (unpaired) electrons. The number of carbonyl (C=O) groups excluding carboxylic acids is 1. The highest BCUT2D eigenvalue weighted by Gasteiger charge is 2.34. The molecule has 168 valence electrons. The van der Waals surface area contributed by atoms with Gasteiger partial charge in [0.1, 0.15) is 10.9 Å². The molecular weight excluding hydrogens is 489 g/mol. The highest BCUT2D eigenvalue weighted by atomic mass is 35.5. The summed E-state index contributed by atoms with van der Waals surface area (Å²) in [5.74, 6) is 1.06. The second kappa shape index (κ2) is 10.4. The van der Waals surface area contributed by atoms with E-state index >= 15 is 0 Å². The first kappa shape index (κ1) is 23.4. The maximum absolute atomic E-state index is 12.9. The Kier molecular flexibility index (Phi) is 7.63. The predicted octanol–water partition coefficient (Wildman–Crippen LogP) is 5.96. The van der Waals surface area contributed by atoms with E-state index in [0.717, 1.165) is 30.6 Å². The van der Waals surface area contributed by atoms with Gasteiger partial charge in [-0.15, -0.1) is 0 Å². The Morgan fingerprint density at radius 1 is 1.22 bits per heavy atom. The number of hydrogen-bond donors (Lipinski definition) is 0. The number of thiocarbonyl (C=S) groups is 1. The standard InChI is InChI=1S/C23H21Cl2NO4S2/c1-28-20-10-14(5-7-19(20)30-13-15-4-6-17(24)18(25)9-15)11-21-22(27)26(23(31)32-21)12-16-3-2-8-29-16/h4-7,9-11,16H,2-3,8,12-13H2,1H3/b21-11-. The number of rotatable bonds is 7. The van der Waals surface area contributed by atoms with Gasteiger partial charge in [-0.2, -0.15) is 0 Å². The third kappa shape index (κ3) is 5.41. The van der Waals surface area contributed by atoms with Gasteiger partial charge in [0.05, 0.1) is 34.7 Å². The SMILES string of the molecule is COc1cc(/C=C2\SC(=S)N(CC3CCCO3)C2=O)ccc1OCc1ccc(Cl)c(Cl)c1. The molecule has 1 unspecified atom stereocenters. The molecule has 2 aliphatic rings. The molecule has 0 N–H and O–H groups in total. The first-order valence-electron chi connectivity index (χ1n) is 10.1. The number of amides is 1. The normalized spacial score (nSPS) is 19.8. The van der Waals surface area contributed by atoms with E-state index in [1.54, 1.807) is 24.1 Å². The molecule has 2 aliphatic heterocycles. The molecular formula is C23H21Cl2NO4S2. The maximum atomic E-state index is 12.9.